The maximum absolute atomic E-state index is 14.7. The lowest BCUT2D eigenvalue weighted by Gasteiger charge is -2.29. The molecular formula is C24H30FNO6. The molecule has 0 aliphatic carbocycles. The van der Waals surface area contributed by atoms with Gasteiger partial charge in [0.15, 0.2) is 23.0 Å². The number of ether oxygens (including phenoxy) is 3. The first kappa shape index (κ1) is 25.1. The molecule has 0 fully saturated rings. The van der Waals surface area contributed by atoms with E-state index < -0.39 is 35.5 Å². The molecule has 174 valence electrons. The van der Waals surface area contributed by atoms with Crippen LogP contribution in [-0.4, -0.2) is 42.2 Å². The molecule has 0 amide bonds. The number of aromatic hydroxyl groups is 1. The number of carbonyl (C=O) groups is 2. The molecule has 1 heterocycles. The van der Waals surface area contributed by atoms with Crippen LogP contribution in [0.2, 0.25) is 0 Å². The van der Waals surface area contributed by atoms with Crippen molar-refractivity contribution in [2.45, 2.75) is 46.1 Å². The van der Waals surface area contributed by atoms with Crippen LogP contribution in [0.25, 0.3) is 0 Å². The summed E-state index contributed by atoms with van der Waals surface area (Å²) in [6.07, 6.45) is 0.502. The number of rotatable bonds is 10. The van der Waals surface area contributed by atoms with Crippen LogP contribution in [-0.2, 0) is 9.53 Å². The Hall–Kier alpha value is -3.16. The number of hydrogen-bond donors (Lipinski definition) is 1. The van der Waals surface area contributed by atoms with Crippen molar-refractivity contribution in [3.05, 3.63) is 47.5 Å². The summed E-state index contributed by atoms with van der Waals surface area (Å²) in [5.74, 6) is -2.59. The van der Waals surface area contributed by atoms with Crippen molar-refractivity contribution in [1.29, 1.82) is 0 Å². The van der Waals surface area contributed by atoms with Crippen LogP contribution in [0, 0.1) is 17.7 Å². The molecule has 0 spiro atoms. The second-order valence-corrected chi connectivity index (χ2v) is 8.04. The highest BCUT2D eigenvalue weighted by atomic mass is 19.1. The first-order valence-corrected chi connectivity index (χ1v) is 10.4. The molecule has 0 aliphatic rings. The van der Waals surface area contributed by atoms with Gasteiger partial charge in [0, 0.05) is 30.7 Å². The lowest BCUT2D eigenvalue weighted by atomic mass is 9.84. The van der Waals surface area contributed by atoms with Crippen molar-refractivity contribution >= 4 is 11.8 Å². The van der Waals surface area contributed by atoms with Crippen molar-refractivity contribution < 1.29 is 33.3 Å². The fourth-order valence-electron chi connectivity index (χ4n) is 3.69. The van der Waals surface area contributed by atoms with Crippen LogP contribution in [0.3, 0.4) is 0 Å². The van der Waals surface area contributed by atoms with Gasteiger partial charge in [-0.1, -0.05) is 26.8 Å². The summed E-state index contributed by atoms with van der Waals surface area (Å²) in [5, 5.41) is 10.1. The second kappa shape index (κ2) is 10.9. The Bertz CT molecular complexity index is 962. The van der Waals surface area contributed by atoms with E-state index in [-0.39, 0.29) is 29.5 Å². The normalized spacial score (nSPS) is 13.9. The first-order valence-electron chi connectivity index (χ1n) is 10.4. The monoisotopic (exact) mass is 447 g/mol. The van der Waals surface area contributed by atoms with Crippen molar-refractivity contribution in [3.63, 3.8) is 0 Å². The van der Waals surface area contributed by atoms with Gasteiger partial charge in [0.25, 0.3) is 0 Å². The standard InChI is InChI=1S/C24H30FNO6/c1-13(2)21(17-8-7-16(30-5)12-18(17)25)15(4)32-24(29)14(3)11-19(27)22-23(28)20(31-6)9-10-26-22/h7-10,12-15,21,28H,11H2,1-6H3/t14-,15+,21-/m1/s1. The molecule has 0 radical (unpaired) electrons. The molecule has 8 heteroatoms. The van der Waals surface area contributed by atoms with Gasteiger partial charge in [-0.3, -0.25) is 9.59 Å². The minimum atomic E-state index is -0.786. The summed E-state index contributed by atoms with van der Waals surface area (Å²) in [6, 6.07) is 6.02. The van der Waals surface area contributed by atoms with Crippen LogP contribution >= 0.6 is 0 Å². The van der Waals surface area contributed by atoms with E-state index in [9.17, 15) is 19.1 Å². The number of aromatic nitrogens is 1. The van der Waals surface area contributed by atoms with Crippen molar-refractivity contribution in [1.82, 2.24) is 4.98 Å². The van der Waals surface area contributed by atoms with Gasteiger partial charge < -0.3 is 19.3 Å². The summed E-state index contributed by atoms with van der Waals surface area (Å²) in [7, 11) is 2.82. The first-order chi connectivity index (χ1) is 15.1. The minimum Gasteiger partial charge on any atom is -0.503 e. The van der Waals surface area contributed by atoms with E-state index in [0.29, 0.717) is 11.3 Å². The molecule has 2 rings (SSSR count). The second-order valence-electron chi connectivity index (χ2n) is 8.04. The molecule has 1 N–H and O–H groups in total. The number of esters is 1. The Morgan fingerprint density at radius 2 is 1.78 bits per heavy atom. The number of ketones is 1. The number of methoxy groups -OCH3 is 2. The Morgan fingerprint density at radius 3 is 2.34 bits per heavy atom. The zero-order valence-corrected chi connectivity index (χ0v) is 19.2. The lowest BCUT2D eigenvalue weighted by Crippen LogP contribution is -2.30. The fraction of sp³-hybridized carbons (Fsp3) is 0.458. The zero-order chi connectivity index (χ0) is 24.0. The summed E-state index contributed by atoms with van der Waals surface area (Å²) in [4.78, 5) is 29.1. The summed E-state index contributed by atoms with van der Waals surface area (Å²) < 4.78 is 30.3. The molecule has 2 aromatic rings. The van der Waals surface area contributed by atoms with E-state index in [0.717, 1.165) is 0 Å². The number of carbonyl (C=O) groups excluding carboxylic acids is 2. The van der Waals surface area contributed by atoms with Crippen LogP contribution in [0.1, 0.15) is 56.1 Å². The average Bonchev–Trinajstić information content (AvgIpc) is 2.74. The molecule has 7 nitrogen and oxygen atoms in total. The molecule has 0 unspecified atom stereocenters. The van der Waals surface area contributed by atoms with E-state index in [2.05, 4.69) is 4.98 Å². The molecule has 0 aliphatic heterocycles. The van der Waals surface area contributed by atoms with E-state index in [1.807, 2.05) is 13.8 Å². The summed E-state index contributed by atoms with van der Waals surface area (Å²) >= 11 is 0. The van der Waals surface area contributed by atoms with Gasteiger partial charge in [-0.25, -0.2) is 9.37 Å². The third-order valence-corrected chi connectivity index (χ3v) is 5.36. The largest absolute Gasteiger partial charge is 0.503 e. The Morgan fingerprint density at radius 1 is 1.09 bits per heavy atom. The zero-order valence-electron chi connectivity index (χ0n) is 19.2. The third kappa shape index (κ3) is 5.75. The minimum absolute atomic E-state index is 0.0180. The van der Waals surface area contributed by atoms with Crippen LogP contribution in [0.15, 0.2) is 30.5 Å². The fourth-order valence-corrected chi connectivity index (χ4v) is 3.69. The Labute approximate surface area is 187 Å². The molecule has 1 aromatic carbocycles. The molecule has 1 aromatic heterocycles. The van der Waals surface area contributed by atoms with Gasteiger partial charge in [-0.05, 0) is 24.5 Å². The van der Waals surface area contributed by atoms with Gasteiger partial charge >= 0.3 is 5.97 Å². The van der Waals surface area contributed by atoms with Crippen molar-refractivity contribution in [2.75, 3.05) is 14.2 Å². The highest BCUT2D eigenvalue weighted by Gasteiger charge is 2.31. The Balaban J connectivity index is 2.11. The van der Waals surface area contributed by atoms with Gasteiger partial charge in [0.1, 0.15) is 17.7 Å². The van der Waals surface area contributed by atoms with Gasteiger partial charge in [0.2, 0.25) is 0 Å². The number of hydrogen-bond acceptors (Lipinski definition) is 7. The van der Waals surface area contributed by atoms with E-state index in [1.54, 1.807) is 26.0 Å². The smallest absolute Gasteiger partial charge is 0.309 e. The molecule has 3 atom stereocenters. The quantitative estimate of drug-likeness (QED) is 0.422. The third-order valence-electron chi connectivity index (χ3n) is 5.36. The van der Waals surface area contributed by atoms with Gasteiger partial charge in [0.05, 0.1) is 20.1 Å². The van der Waals surface area contributed by atoms with E-state index in [4.69, 9.17) is 14.2 Å². The molecule has 32 heavy (non-hydrogen) atoms. The summed E-state index contributed by atoms with van der Waals surface area (Å²) in [6.45, 7) is 7.10. The Kier molecular flexibility index (Phi) is 8.57. The van der Waals surface area contributed by atoms with Crippen LogP contribution in [0.5, 0.6) is 17.2 Å². The van der Waals surface area contributed by atoms with Gasteiger partial charge in [-0.15, -0.1) is 0 Å². The van der Waals surface area contributed by atoms with Crippen LogP contribution in [0.4, 0.5) is 4.39 Å². The van der Waals surface area contributed by atoms with E-state index >= 15 is 0 Å². The predicted octanol–water partition coefficient (Wildman–Crippen LogP) is 4.52. The number of pyridine rings is 1. The maximum Gasteiger partial charge on any atom is 0.309 e. The van der Waals surface area contributed by atoms with E-state index in [1.165, 1.54) is 32.5 Å². The predicted molar refractivity (Wildman–Crippen MR) is 117 cm³/mol. The van der Waals surface area contributed by atoms with Gasteiger partial charge in [-0.2, -0.15) is 0 Å². The highest BCUT2D eigenvalue weighted by molar-refractivity contribution is 5.99. The molecular weight excluding hydrogens is 417 g/mol. The van der Waals surface area contributed by atoms with Crippen molar-refractivity contribution in [3.8, 4) is 17.2 Å². The number of nitrogens with zero attached hydrogens (tertiary/aromatic N) is 1. The average molecular weight is 448 g/mol. The number of benzene rings is 1. The maximum atomic E-state index is 14.7. The van der Waals surface area contributed by atoms with Crippen molar-refractivity contribution in [2.24, 2.45) is 11.8 Å². The topological polar surface area (TPSA) is 95.0 Å². The van der Waals surface area contributed by atoms with Crippen LogP contribution < -0.4 is 9.47 Å². The number of Topliss-reactive ketones (excluding diaryl/α,β-unsaturated/α-hetero) is 1. The summed E-state index contributed by atoms with van der Waals surface area (Å²) in [5.41, 5.74) is 0.257. The highest BCUT2D eigenvalue weighted by Crippen LogP contribution is 2.34. The number of halogens is 1. The SMILES string of the molecule is COc1ccc([C@H](C(C)C)[C@H](C)OC(=O)[C@H](C)CC(=O)c2nccc(OC)c2O)c(F)c1. The molecule has 0 saturated carbocycles. The molecule has 0 saturated heterocycles. The molecule has 0 bridgehead atoms. The lowest BCUT2D eigenvalue weighted by molar-refractivity contribution is -0.154.